The number of aryl methyl sites for hydroxylation is 1. The van der Waals surface area contributed by atoms with E-state index < -0.39 is 48.7 Å². The molecule has 0 radical (unpaired) electrons. The predicted molar refractivity (Wildman–Crippen MR) is 255 cm³/mol. The number of H-pyrrole nitrogens is 1. The molecule has 14 heteroatoms. The number of amides is 1. The van der Waals surface area contributed by atoms with Crippen LogP contribution in [0.15, 0.2) is 54.7 Å². The lowest BCUT2D eigenvalue weighted by molar-refractivity contribution is -0.328. The SMILES string of the molecule is COc1cc2c3c(c4c(O)c2c2c1C=CC(c1c[nH]c5ccc(CNC6CCCC6)cc15)OCC1OC(O2)C(O)(CO)C(OC#CCc2cccc5c2CN(CC4=O)C5=O)C1O)C1CCCC1CC3. The van der Waals surface area contributed by atoms with E-state index in [4.69, 9.17) is 23.7 Å². The summed E-state index contributed by atoms with van der Waals surface area (Å²) < 4.78 is 32.5. The molecular weight excluding hydrogens is 879 g/mol. The van der Waals surface area contributed by atoms with Crippen LogP contribution < -0.4 is 14.8 Å². The number of carbonyl (C=O) groups is 2. The second kappa shape index (κ2) is 17.5. The van der Waals surface area contributed by atoms with Crippen LogP contribution in [0.2, 0.25) is 0 Å². The fourth-order valence-electron chi connectivity index (χ4n) is 12.7. The van der Waals surface area contributed by atoms with E-state index in [-0.39, 0.29) is 60.4 Å². The topological polar surface area (TPSA) is 192 Å². The van der Waals surface area contributed by atoms with Gasteiger partial charge in [0, 0.05) is 53.8 Å². The number of nitrogens with zero attached hydrogens (tertiary/aromatic N) is 1. The van der Waals surface area contributed by atoms with Gasteiger partial charge >= 0.3 is 0 Å². The predicted octanol–water partition coefficient (Wildman–Crippen LogP) is 6.61. The van der Waals surface area contributed by atoms with Gasteiger partial charge in [-0.3, -0.25) is 9.59 Å². The van der Waals surface area contributed by atoms with Gasteiger partial charge in [-0.25, -0.2) is 0 Å². The molecule has 8 unspecified atom stereocenters. The molecule has 8 bridgehead atoms. The minimum absolute atomic E-state index is 0.00982. The average Bonchev–Trinajstić information content (AvgIpc) is 4.19. The van der Waals surface area contributed by atoms with E-state index in [1.54, 1.807) is 25.3 Å². The number of nitrogens with one attached hydrogen (secondary N) is 2. The van der Waals surface area contributed by atoms with Gasteiger partial charge in [0.2, 0.25) is 6.29 Å². The Bertz CT molecular complexity index is 3000. The van der Waals surface area contributed by atoms with Gasteiger partial charge in [0.15, 0.2) is 17.5 Å². The van der Waals surface area contributed by atoms with Crippen LogP contribution >= 0.6 is 0 Å². The van der Waals surface area contributed by atoms with E-state index in [9.17, 15) is 25.2 Å². The molecule has 5 heterocycles. The quantitative estimate of drug-likeness (QED) is 0.100. The second-order valence-corrected chi connectivity index (χ2v) is 20.1. The zero-order valence-electron chi connectivity index (χ0n) is 38.6. The van der Waals surface area contributed by atoms with Gasteiger partial charge in [-0.2, -0.15) is 0 Å². The van der Waals surface area contributed by atoms with Crippen molar-refractivity contribution in [2.75, 3.05) is 26.9 Å². The summed E-state index contributed by atoms with van der Waals surface area (Å²) in [5.41, 5.74) is 4.51. The van der Waals surface area contributed by atoms with E-state index in [0.717, 1.165) is 70.0 Å². The number of aliphatic hydroxyl groups excluding tert-OH is 2. The number of carbonyl (C=O) groups excluding carboxylic acids is 2. The maximum Gasteiger partial charge on any atom is 0.254 e. The molecule has 0 spiro atoms. The van der Waals surface area contributed by atoms with Gasteiger partial charge in [-0.15, -0.1) is 0 Å². The first-order valence-electron chi connectivity index (χ1n) is 24.6. The number of rotatable bonds is 6. The molecular formula is C55H57N3O11. The molecule has 1 aromatic heterocycles. The minimum atomic E-state index is -2.44. The molecule has 3 aliphatic carbocycles. The number of Topliss-reactive ketones (excluding diaryl/α,β-unsaturated/α-hetero) is 1. The highest BCUT2D eigenvalue weighted by molar-refractivity contribution is 6.13. The fourth-order valence-corrected chi connectivity index (χ4v) is 12.7. The number of phenolic OH excluding ortho intramolecular Hbond substituents is 1. The first-order chi connectivity index (χ1) is 33.6. The molecule has 7 aliphatic rings. The number of hydrogen-bond acceptors (Lipinski definition) is 12. The summed E-state index contributed by atoms with van der Waals surface area (Å²) in [5, 5.41) is 54.4. The van der Waals surface area contributed by atoms with Crippen LogP contribution in [0.4, 0.5) is 0 Å². The summed E-state index contributed by atoms with van der Waals surface area (Å²) in [5.74, 6) is 2.70. The molecule has 1 amide bonds. The average molecular weight is 936 g/mol. The van der Waals surface area contributed by atoms with Crippen molar-refractivity contribution in [2.24, 2.45) is 5.92 Å². The summed E-state index contributed by atoms with van der Waals surface area (Å²) in [7, 11) is 1.54. The number of aromatic amines is 1. The van der Waals surface area contributed by atoms with Crippen molar-refractivity contribution in [2.45, 2.75) is 126 Å². The van der Waals surface area contributed by atoms with Gasteiger partial charge in [-0.05, 0) is 114 Å². The third-order valence-electron chi connectivity index (χ3n) is 16.3. The highest BCUT2D eigenvalue weighted by Gasteiger charge is 2.59. The normalized spacial score (nSPS) is 28.6. The Morgan fingerprint density at radius 2 is 1.88 bits per heavy atom. The Balaban J connectivity index is 1.08. The third-order valence-corrected chi connectivity index (χ3v) is 16.3. The van der Waals surface area contributed by atoms with Crippen LogP contribution in [0.3, 0.4) is 0 Å². The number of benzene rings is 4. The number of fused-ring (bicyclic) bond motifs is 10. The number of aromatic nitrogens is 1. The minimum Gasteiger partial charge on any atom is -0.506 e. The first kappa shape index (κ1) is 44.3. The zero-order valence-corrected chi connectivity index (χ0v) is 38.6. The van der Waals surface area contributed by atoms with Crippen molar-refractivity contribution < 1.29 is 53.7 Å². The van der Waals surface area contributed by atoms with Gasteiger partial charge in [0.1, 0.15) is 41.7 Å². The number of aliphatic hydroxyl groups is 3. The zero-order chi connectivity index (χ0) is 47.1. The molecule has 358 valence electrons. The molecule has 2 saturated carbocycles. The van der Waals surface area contributed by atoms with E-state index in [1.807, 2.05) is 24.4 Å². The summed E-state index contributed by atoms with van der Waals surface area (Å²) in [6.07, 6.45) is 10.6. The number of ether oxygens (including phenoxy) is 5. The molecule has 6 N–H and O–H groups in total. The molecule has 5 aromatic rings. The molecule has 4 aliphatic heterocycles. The molecule has 12 rings (SSSR count). The van der Waals surface area contributed by atoms with Crippen LogP contribution in [-0.2, 0) is 40.1 Å². The summed E-state index contributed by atoms with van der Waals surface area (Å²) in [6.45, 7) is -0.595. The van der Waals surface area contributed by atoms with Gasteiger partial charge in [-0.1, -0.05) is 49.5 Å². The Kier molecular flexibility index (Phi) is 11.2. The largest absolute Gasteiger partial charge is 0.506 e. The van der Waals surface area contributed by atoms with Crippen LogP contribution in [0.5, 0.6) is 17.2 Å². The number of ketones is 1. The van der Waals surface area contributed by atoms with Gasteiger partial charge in [0.25, 0.3) is 5.91 Å². The highest BCUT2D eigenvalue weighted by atomic mass is 16.7. The van der Waals surface area contributed by atoms with E-state index >= 15 is 4.79 Å². The Hall–Kier alpha value is -5.92. The van der Waals surface area contributed by atoms with Crippen molar-refractivity contribution >= 4 is 39.4 Å². The van der Waals surface area contributed by atoms with Crippen LogP contribution in [0, 0.1) is 17.9 Å². The fraction of sp³-hybridized carbons (Fsp3) is 0.455. The van der Waals surface area contributed by atoms with Gasteiger partial charge in [0.05, 0.1) is 43.4 Å². The highest BCUT2D eigenvalue weighted by Crippen LogP contribution is 2.56. The standard InChI is InChI=1S/C55H57N3O11/c1-65-44-22-38-34-16-15-31-8-4-12-33(31)46(34)48-42(60)26-58-25-40-30(7-5-13-35(40)53(58)63)9-6-20-66-52-49(61)45-27-67-43(19-17-36(44)51(47(38)50(48)62)69-54(68-45)55(52,64)28-59)39-24-57-41-18-14-29(21-37(39)41)23-56-32-10-2-3-11-32/h5,7,13-14,17-19,21-22,24,31-33,43,45,49,52,54,56-57,59,61-62,64H,2-4,8-12,15-16,23,25-28H2,1H3. The van der Waals surface area contributed by atoms with E-state index in [1.165, 1.54) is 30.6 Å². The van der Waals surface area contributed by atoms with Gasteiger partial charge < -0.3 is 59.3 Å². The van der Waals surface area contributed by atoms with Crippen molar-refractivity contribution in [3.8, 4) is 29.3 Å². The molecule has 4 aromatic carbocycles. The van der Waals surface area contributed by atoms with Crippen LogP contribution in [0.25, 0.3) is 27.8 Å². The third kappa shape index (κ3) is 7.31. The van der Waals surface area contributed by atoms with Crippen molar-refractivity contribution in [1.82, 2.24) is 15.2 Å². The Morgan fingerprint density at radius 3 is 2.72 bits per heavy atom. The second-order valence-electron chi connectivity index (χ2n) is 20.1. The Morgan fingerprint density at radius 1 is 1.01 bits per heavy atom. The maximum atomic E-state index is 15.2. The lowest BCUT2D eigenvalue weighted by Gasteiger charge is -2.47. The number of aromatic hydroxyl groups is 1. The summed E-state index contributed by atoms with van der Waals surface area (Å²) in [6, 6.07) is 14.1. The molecule has 8 atom stereocenters. The summed E-state index contributed by atoms with van der Waals surface area (Å²) in [4.78, 5) is 34.2. The van der Waals surface area contributed by atoms with Crippen LogP contribution in [0.1, 0.15) is 123 Å². The molecule has 3 fully saturated rings. The number of methoxy groups -OCH3 is 1. The van der Waals surface area contributed by atoms with Crippen LogP contribution in [-0.4, -0.2) is 105 Å². The van der Waals surface area contributed by atoms with Crippen molar-refractivity contribution in [3.63, 3.8) is 0 Å². The number of hydrogen-bond donors (Lipinski definition) is 6. The van der Waals surface area contributed by atoms with Crippen molar-refractivity contribution in [3.05, 3.63) is 105 Å². The molecule has 69 heavy (non-hydrogen) atoms. The number of phenols is 1. The molecule has 14 nitrogen and oxygen atoms in total. The van der Waals surface area contributed by atoms with Crippen molar-refractivity contribution in [1.29, 1.82) is 0 Å². The summed E-state index contributed by atoms with van der Waals surface area (Å²) >= 11 is 0. The smallest absolute Gasteiger partial charge is 0.254 e. The Labute approximate surface area is 399 Å². The van der Waals surface area contributed by atoms with E-state index in [2.05, 4.69) is 40.5 Å². The lowest BCUT2D eigenvalue weighted by atomic mass is 9.72. The lowest BCUT2D eigenvalue weighted by Crippen LogP contribution is -2.70. The molecule has 1 saturated heterocycles. The first-order valence-corrected chi connectivity index (χ1v) is 24.6. The monoisotopic (exact) mass is 935 g/mol. The maximum absolute atomic E-state index is 15.2. The van der Waals surface area contributed by atoms with E-state index in [0.29, 0.717) is 47.2 Å².